The summed E-state index contributed by atoms with van der Waals surface area (Å²) < 4.78 is 13.5. The van der Waals surface area contributed by atoms with Crippen molar-refractivity contribution in [3.8, 4) is 28.8 Å². The van der Waals surface area contributed by atoms with E-state index in [1.165, 1.54) is 23.4 Å². The summed E-state index contributed by atoms with van der Waals surface area (Å²) in [6.07, 6.45) is 0. The van der Waals surface area contributed by atoms with Crippen LogP contribution >= 0.6 is 12.2 Å². The highest BCUT2D eigenvalue weighted by atomic mass is 32.1. The Hall–Kier alpha value is -4.24. The summed E-state index contributed by atoms with van der Waals surface area (Å²) in [5.41, 5.74) is 1.33. The number of para-hydroxylation sites is 4. The van der Waals surface area contributed by atoms with Crippen LogP contribution in [-0.4, -0.2) is 28.5 Å². The largest absolute Gasteiger partial charge is 0.495 e. The van der Waals surface area contributed by atoms with Crippen molar-refractivity contribution < 1.29 is 14.6 Å². The minimum Gasteiger partial charge on any atom is -0.495 e. The predicted molar refractivity (Wildman–Crippen MR) is 132 cm³/mol. The lowest BCUT2D eigenvalue weighted by Gasteiger charge is -2.18. The molecule has 0 fully saturated rings. The van der Waals surface area contributed by atoms with Crippen molar-refractivity contribution in [1.29, 1.82) is 0 Å². The number of aromatic nitrogens is 2. The molecule has 0 radical (unpaired) electrons. The SMILES string of the molecule is COc1ccccc1N=Nc1c(O)n(-c2ccccc2C)c(=S)n(-c2ccccc2OC)c1=O. The molecule has 0 spiro atoms. The maximum atomic E-state index is 13.6. The summed E-state index contributed by atoms with van der Waals surface area (Å²) >= 11 is 5.69. The van der Waals surface area contributed by atoms with Gasteiger partial charge in [0, 0.05) is 0 Å². The molecule has 0 aliphatic rings. The highest BCUT2D eigenvalue weighted by Gasteiger charge is 2.21. The molecule has 0 aliphatic carbocycles. The van der Waals surface area contributed by atoms with Crippen molar-refractivity contribution in [3.63, 3.8) is 0 Å². The molecule has 0 unspecified atom stereocenters. The first-order chi connectivity index (χ1) is 16.5. The van der Waals surface area contributed by atoms with Crippen molar-refractivity contribution in [3.05, 3.63) is 93.5 Å². The summed E-state index contributed by atoms with van der Waals surface area (Å²) in [6.45, 7) is 1.88. The molecule has 1 heterocycles. The van der Waals surface area contributed by atoms with Crippen LogP contribution in [-0.2, 0) is 0 Å². The minimum absolute atomic E-state index is 0.0533. The van der Waals surface area contributed by atoms with Gasteiger partial charge in [0.15, 0.2) is 4.77 Å². The second kappa shape index (κ2) is 9.72. The Labute approximate surface area is 201 Å². The van der Waals surface area contributed by atoms with Crippen LogP contribution < -0.4 is 15.0 Å². The van der Waals surface area contributed by atoms with Gasteiger partial charge in [-0.2, -0.15) is 0 Å². The molecule has 1 N–H and O–H groups in total. The topological polar surface area (TPSA) is 90.3 Å². The zero-order chi connectivity index (χ0) is 24.2. The van der Waals surface area contributed by atoms with Crippen molar-refractivity contribution in [2.75, 3.05) is 14.2 Å². The van der Waals surface area contributed by atoms with Gasteiger partial charge in [-0.15, -0.1) is 10.2 Å². The molecule has 172 valence electrons. The Bertz CT molecular complexity index is 1510. The van der Waals surface area contributed by atoms with E-state index in [9.17, 15) is 9.90 Å². The number of rotatable bonds is 6. The van der Waals surface area contributed by atoms with Crippen LogP contribution in [0.5, 0.6) is 17.4 Å². The summed E-state index contributed by atoms with van der Waals surface area (Å²) in [5, 5.41) is 19.5. The quantitative estimate of drug-likeness (QED) is 0.282. The van der Waals surface area contributed by atoms with Crippen molar-refractivity contribution in [2.24, 2.45) is 10.2 Å². The summed E-state index contributed by atoms with van der Waals surface area (Å²) in [4.78, 5) is 13.6. The average Bonchev–Trinajstić information content (AvgIpc) is 2.85. The van der Waals surface area contributed by atoms with Crippen LogP contribution in [0.2, 0.25) is 0 Å². The van der Waals surface area contributed by atoms with Crippen LogP contribution in [0.1, 0.15) is 5.56 Å². The molecule has 1 aromatic heterocycles. The van der Waals surface area contributed by atoms with E-state index in [0.29, 0.717) is 28.6 Å². The number of ether oxygens (including phenoxy) is 2. The maximum Gasteiger partial charge on any atom is 0.290 e. The van der Waals surface area contributed by atoms with Gasteiger partial charge in [0.2, 0.25) is 11.6 Å². The van der Waals surface area contributed by atoms with Crippen molar-refractivity contribution >= 4 is 23.6 Å². The van der Waals surface area contributed by atoms with E-state index in [1.54, 1.807) is 54.6 Å². The second-order valence-electron chi connectivity index (χ2n) is 7.26. The summed E-state index contributed by atoms with van der Waals surface area (Å²) in [5.74, 6) is 0.488. The van der Waals surface area contributed by atoms with E-state index < -0.39 is 11.4 Å². The van der Waals surface area contributed by atoms with E-state index >= 15 is 0 Å². The van der Waals surface area contributed by atoms with Crippen LogP contribution in [0.4, 0.5) is 11.4 Å². The molecular weight excluding hydrogens is 452 g/mol. The van der Waals surface area contributed by atoms with Crippen molar-refractivity contribution in [1.82, 2.24) is 9.13 Å². The van der Waals surface area contributed by atoms with Gasteiger partial charge in [-0.3, -0.25) is 9.36 Å². The fourth-order valence-electron chi connectivity index (χ4n) is 3.55. The standard InChI is InChI=1S/C25H22N4O4S/c1-16-10-4-6-12-18(16)28-23(30)22(27-26-17-11-5-8-14-20(17)32-2)24(31)29(25(28)34)19-13-7-9-15-21(19)33-3/h4-15,30H,1-3H3. The number of aryl methyl sites for hydroxylation is 1. The first-order valence-corrected chi connectivity index (χ1v) is 10.7. The lowest BCUT2D eigenvalue weighted by Crippen LogP contribution is -2.23. The van der Waals surface area contributed by atoms with E-state index in [-0.39, 0.29) is 10.5 Å². The highest BCUT2D eigenvalue weighted by molar-refractivity contribution is 7.71. The average molecular weight is 475 g/mol. The molecule has 0 saturated carbocycles. The number of aromatic hydroxyl groups is 1. The molecule has 34 heavy (non-hydrogen) atoms. The van der Waals surface area contributed by atoms with Gasteiger partial charge in [0.1, 0.15) is 17.2 Å². The first kappa shape index (κ1) is 22.9. The number of hydrogen-bond donors (Lipinski definition) is 1. The van der Waals surface area contributed by atoms with Gasteiger partial charge >= 0.3 is 0 Å². The monoisotopic (exact) mass is 474 g/mol. The minimum atomic E-state index is -0.643. The molecule has 4 aromatic rings. The zero-order valence-electron chi connectivity index (χ0n) is 18.8. The molecular formula is C25H22N4O4S. The highest BCUT2D eigenvalue weighted by Crippen LogP contribution is 2.33. The van der Waals surface area contributed by atoms with E-state index in [4.69, 9.17) is 21.7 Å². The fourth-order valence-corrected chi connectivity index (χ4v) is 3.91. The molecule has 4 rings (SSSR count). The molecule has 0 aliphatic heterocycles. The number of benzene rings is 3. The molecule has 0 saturated heterocycles. The number of hydrogen-bond acceptors (Lipinski definition) is 7. The molecule has 0 atom stereocenters. The second-order valence-corrected chi connectivity index (χ2v) is 7.63. The predicted octanol–water partition coefficient (Wildman–Crippen LogP) is 5.80. The number of nitrogens with zero attached hydrogens (tertiary/aromatic N) is 4. The Morgan fingerprint density at radius 1 is 0.794 bits per heavy atom. The number of azo groups is 1. The zero-order valence-corrected chi connectivity index (χ0v) is 19.6. The summed E-state index contributed by atoms with van der Waals surface area (Å²) in [6, 6.07) is 21.3. The van der Waals surface area contributed by atoms with Gasteiger partial charge in [-0.05, 0) is 55.0 Å². The molecule has 9 heteroatoms. The van der Waals surface area contributed by atoms with Crippen LogP contribution in [0, 0.1) is 11.7 Å². The van der Waals surface area contributed by atoms with E-state index in [0.717, 1.165) is 5.56 Å². The van der Waals surface area contributed by atoms with Gasteiger partial charge < -0.3 is 14.6 Å². The third-order valence-corrected chi connectivity index (χ3v) is 5.60. The fraction of sp³-hybridized carbons (Fsp3) is 0.120. The third kappa shape index (κ3) is 4.08. The maximum absolute atomic E-state index is 13.6. The van der Waals surface area contributed by atoms with Crippen LogP contribution in [0.25, 0.3) is 11.4 Å². The Morgan fingerprint density at radius 2 is 1.38 bits per heavy atom. The van der Waals surface area contributed by atoms with Crippen LogP contribution in [0.3, 0.4) is 0 Å². The van der Waals surface area contributed by atoms with Gasteiger partial charge in [-0.1, -0.05) is 42.5 Å². The van der Waals surface area contributed by atoms with Gasteiger partial charge in [0.05, 0.1) is 25.6 Å². The van der Waals surface area contributed by atoms with Gasteiger partial charge in [-0.25, -0.2) is 4.57 Å². The lowest BCUT2D eigenvalue weighted by molar-refractivity contribution is 0.410. The summed E-state index contributed by atoms with van der Waals surface area (Å²) in [7, 11) is 3.02. The lowest BCUT2D eigenvalue weighted by atomic mass is 10.2. The Balaban J connectivity index is 2.07. The molecule has 0 amide bonds. The third-order valence-electron chi connectivity index (χ3n) is 5.24. The smallest absolute Gasteiger partial charge is 0.290 e. The number of methoxy groups -OCH3 is 2. The molecule has 0 bridgehead atoms. The van der Waals surface area contributed by atoms with Crippen LogP contribution in [0.15, 0.2) is 87.8 Å². The Kier molecular flexibility index (Phi) is 6.55. The van der Waals surface area contributed by atoms with Gasteiger partial charge in [0.25, 0.3) is 5.56 Å². The van der Waals surface area contributed by atoms with Crippen molar-refractivity contribution in [2.45, 2.75) is 6.92 Å². The molecule has 3 aromatic carbocycles. The Morgan fingerprint density at radius 3 is 2.06 bits per heavy atom. The van der Waals surface area contributed by atoms with E-state index in [2.05, 4.69) is 10.2 Å². The molecule has 8 nitrogen and oxygen atoms in total. The van der Waals surface area contributed by atoms with E-state index in [1.807, 2.05) is 25.1 Å². The first-order valence-electron chi connectivity index (χ1n) is 10.3. The normalized spacial score (nSPS) is 11.0.